The van der Waals surface area contributed by atoms with Crippen molar-refractivity contribution < 1.29 is 0 Å². The molecule has 0 saturated heterocycles. The Morgan fingerprint density at radius 1 is 1.25 bits per heavy atom. The molecule has 0 amide bonds. The van der Waals surface area contributed by atoms with E-state index in [0.29, 0.717) is 0 Å². The van der Waals surface area contributed by atoms with E-state index in [0.717, 1.165) is 54.6 Å². The quantitative estimate of drug-likeness (QED) is 0.896. The summed E-state index contributed by atoms with van der Waals surface area (Å²) < 4.78 is 0. The molecule has 4 nitrogen and oxygen atoms in total. The largest absolute Gasteiger partial charge is 0.316 e. The Morgan fingerprint density at radius 3 is 2.85 bits per heavy atom. The van der Waals surface area contributed by atoms with Gasteiger partial charge in [0.15, 0.2) is 0 Å². The second kappa shape index (κ2) is 5.59. The number of nitrogens with one attached hydrogen (secondary N) is 2. The molecular formula is C16H19N3O. The molecule has 3 rings (SSSR count). The fourth-order valence-corrected chi connectivity index (χ4v) is 2.93. The zero-order valence-corrected chi connectivity index (χ0v) is 11.7. The monoisotopic (exact) mass is 269 g/mol. The molecule has 104 valence electrons. The van der Waals surface area contributed by atoms with Crippen LogP contribution in [-0.4, -0.2) is 17.2 Å². The number of hydrogen-bond donors (Lipinski definition) is 2. The van der Waals surface area contributed by atoms with Crippen molar-refractivity contribution in [2.24, 2.45) is 0 Å². The third kappa shape index (κ3) is 2.39. The summed E-state index contributed by atoms with van der Waals surface area (Å²) in [7, 11) is 1.94. The van der Waals surface area contributed by atoms with Gasteiger partial charge in [-0.15, -0.1) is 0 Å². The highest BCUT2D eigenvalue weighted by atomic mass is 16.1. The first-order valence-electron chi connectivity index (χ1n) is 7.14. The van der Waals surface area contributed by atoms with Crippen LogP contribution in [0.25, 0.3) is 11.3 Å². The molecule has 2 N–H and O–H groups in total. The summed E-state index contributed by atoms with van der Waals surface area (Å²) in [4.78, 5) is 11.9. The van der Waals surface area contributed by atoms with Crippen LogP contribution < -0.4 is 10.9 Å². The molecular weight excluding hydrogens is 250 g/mol. The highest BCUT2D eigenvalue weighted by molar-refractivity contribution is 5.65. The summed E-state index contributed by atoms with van der Waals surface area (Å²) in [6.07, 6.45) is 4.06. The Hall–Kier alpha value is -1.94. The molecule has 1 heterocycles. The number of benzene rings is 1. The summed E-state index contributed by atoms with van der Waals surface area (Å²) in [6, 6.07) is 8.35. The smallest absolute Gasteiger partial charge is 0.267 e. The van der Waals surface area contributed by atoms with Crippen LogP contribution in [0.5, 0.6) is 0 Å². The molecule has 1 aliphatic rings. The van der Waals surface area contributed by atoms with Gasteiger partial charge in [0.2, 0.25) is 0 Å². The van der Waals surface area contributed by atoms with Gasteiger partial charge in [0.1, 0.15) is 0 Å². The van der Waals surface area contributed by atoms with E-state index in [2.05, 4.69) is 33.7 Å². The molecule has 20 heavy (non-hydrogen) atoms. The SMILES string of the molecule is CNCc1cccc(-c2n[nH]c(=O)c3c2CCCC3)c1. The van der Waals surface area contributed by atoms with Crippen molar-refractivity contribution in [1.82, 2.24) is 15.5 Å². The molecule has 0 unspecified atom stereocenters. The molecule has 2 aromatic rings. The second-order valence-corrected chi connectivity index (χ2v) is 5.30. The summed E-state index contributed by atoms with van der Waals surface area (Å²) in [5.41, 5.74) is 5.31. The summed E-state index contributed by atoms with van der Waals surface area (Å²) >= 11 is 0. The Kier molecular flexibility index (Phi) is 3.65. The van der Waals surface area contributed by atoms with Gasteiger partial charge >= 0.3 is 0 Å². The van der Waals surface area contributed by atoms with Gasteiger partial charge in [0.05, 0.1) is 5.69 Å². The van der Waals surface area contributed by atoms with E-state index < -0.39 is 0 Å². The van der Waals surface area contributed by atoms with E-state index in [1.165, 1.54) is 5.56 Å². The molecule has 0 fully saturated rings. The van der Waals surface area contributed by atoms with E-state index >= 15 is 0 Å². The summed E-state index contributed by atoms with van der Waals surface area (Å²) in [6.45, 7) is 0.833. The Bertz CT molecular complexity index is 676. The molecule has 0 radical (unpaired) electrons. The van der Waals surface area contributed by atoms with Gasteiger partial charge in [-0.1, -0.05) is 18.2 Å². The second-order valence-electron chi connectivity index (χ2n) is 5.30. The molecule has 1 aromatic heterocycles. The third-order valence-electron chi connectivity index (χ3n) is 3.88. The molecule has 0 atom stereocenters. The number of hydrogen-bond acceptors (Lipinski definition) is 3. The Labute approximate surface area is 118 Å². The maximum Gasteiger partial charge on any atom is 0.267 e. The maximum absolute atomic E-state index is 11.9. The van der Waals surface area contributed by atoms with Crippen LogP contribution in [0.15, 0.2) is 29.1 Å². The molecule has 0 spiro atoms. The molecule has 4 heteroatoms. The van der Waals surface area contributed by atoms with Crippen molar-refractivity contribution in [3.8, 4) is 11.3 Å². The van der Waals surface area contributed by atoms with E-state index in [4.69, 9.17) is 0 Å². The Balaban J connectivity index is 2.10. The number of aromatic nitrogens is 2. The van der Waals surface area contributed by atoms with E-state index in [-0.39, 0.29) is 5.56 Å². The van der Waals surface area contributed by atoms with Crippen molar-refractivity contribution in [1.29, 1.82) is 0 Å². The third-order valence-corrected chi connectivity index (χ3v) is 3.88. The average molecular weight is 269 g/mol. The van der Waals surface area contributed by atoms with Gasteiger partial charge in [0, 0.05) is 17.7 Å². The van der Waals surface area contributed by atoms with E-state index in [1.807, 2.05) is 13.1 Å². The van der Waals surface area contributed by atoms with Crippen molar-refractivity contribution in [3.63, 3.8) is 0 Å². The van der Waals surface area contributed by atoms with Crippen LogP contribution >= 0.6 is 0 Å². The van der Waals surface area contributed by atoms with Crippen molar-refractivity contribution in [2.75, 3.05) is 7.05 Å². The average Bonchev–Trinajstić information content (AvgIpc) is 2.49. The number of H-pyrrole nitrogens is 1. The lowest BCUT2D eigenvalue weighted by molar-refractivity contribution is 0.669. The fraction of sp³-hybridized carbons (Fsp3) is 0.375. The normalized spacial score (nSPS) is 14.1. The van der Waals surface area contributed by atoms with Gasteiger partial charge in [-0.05, 0) is 49.9 Å². The Morgan fingerprint density at radius 2 is 2.05 bits per heavy atom. The van der Waals surface area contributed by atoms with Crippen molar-refractivity contribution in [3.05, 3.63) is 51.3 Å². The van der Waals surface area contributed by atoms with Crippen LogP contribution in [0.2, 0.25) is 0 Å². The first-order valence-corrected chi connectivity index (χ1v) is 7.14. The number of aromatic amines is 1. The fourth-order valence-electron chi connectivity index (χ4n) is 2.93. The zero-order chi connectivity index (χ0) is 13.9. The van der Waals surface area contributed by atoms with Crippen molar-refractivity contribution in [2.45, 2.75) is 32.2 Å². The van der Waals surface area contributed by atoms with E-state index in [9.17, 15) is 4.79 Å². The number of fused-ring (bicyclic) bond motifs is 1. The highest BCUT2D eigenvalue weighted by Gasteiger charge is 2.18. The van der Waals surface area contributed by atoms with Crippen LogP contribution in [0.3, 0.4) is 0 Å². The summed E-state index contributed by atoms with van der Waals surface area (Å²) in [5.74, 6) is 0. The van der Waals surface area contributed by atoms with Gasteiger partial charge in [-0.25, -0.2) is 5.10 Å². The predicted molar refractivity (Wildman–Crippen MR) is 79.7 cm³/mol. The molecule has 1 aliphatic carbocycles. The van der Waals surface area contributed by atoms with E-state index in [1.54, 1.807) is 0 Å². The van der Waals surface area contributed by atoms with Crippen LogP contribution in [0, 0.1) is 0 Å². The molecule has 0 bridgehead atoms. The molecule has 0 saturated carbocycles. The lowest BCUT2D eigenvalue weighted by Gasteiger charge is -2.17. The first kappa shape index (κ1) is 13.1. The topological polar surface area (TPSA) is 57.8 Å². The van der Waals surface area contributed by atoms with Gasteiger partial charge in [0.25, 0.3) is 5.56 Å². The first-order chi connectivity index (χ1) is 9.79. The predicted octanol–water partition coefficient (Wildman–Crippen LogP) is 2.04. The van der Waals surface area contributed by atoms with Crippen LogP contribution in [0.4, 0.5) is 0 Å². The number of nitrogens with zero attached hydrogens (tertiary/aromatic N) is 1. The highest BCUT2D eigenvalue weighted by Crippen LogP contribution is 2.27. The van der Waals surface area contributed by atoms with Crippen LogP contribution in [-0.2, 0) is 19.4 Å². The lowest BCUT2D eigenvalue weighted by Crippen LogP contribution is -2.21. The van der Waals surface area contributed by atoms with Gasteiger partial charge in [-0.2, -0.15) is 5.10 Å². The van der Waals surface area contributed by atoms with Crippen molar-refractivity contribution >= 4 is 0 Å². The lowest BCUT2D eigenvalue weighted by atomic mass is 9.89. The standard InChI is InChI=1S/C16H19N3O/c1-17-10-11-5-4-6-12(9-11)15-13-7-2-3-8-14(13)16(20)19-18-15/h4-6,9,17H,2-3,7-8,10H2,1H3,(H,19,20). The summed E-state index contributed by atoms with van der Waals surface area (Å²) in [5, 5.41) is 10.1. The minimum atomic E-state index is -0.0187. The molecule has 0 aliphatic heterocycles. The van der Waals surface area contributed by atoms with Gasteiger partial charge in [-0.3, -0.25) is 4.79 Å². The van der Waals surface area contributed by atoms with Gasteiger partial charge < -0.3 is 5.32 Å². The minimum absolute atomic E-state index is 0.0187. The number of rotatable bonds is 3. The zero-order valence-electron chi connectivity index (χ0n) is 11.7. The maximum atomic E-state index is 11.9. The molecule has 1 aromatic carbocycles. The minimum Gasteiger partial charge on any atom is -0.316 e. The van der Waals surface area contributed by atoms with Crippen LogP contribution in [0.1, 0.15) is 29.5 Å².